The van der Waals surface area contributed by atoms with E-state index in [4.69, 9.17) is 10.00 Å². The highest BCUT2D eigenvalue weighted by Gasteiger charge is 2.13. The van der Waals surface area contributed by atoms with Gasteiger partial charge in [-0.1, -0.05) is 12.1 Å². The molecule has 2 amide bonds. The number of hydrazine groups is 1. The molecule has 6 nitrogen and oxygen atoms in total. The lowest BCUT2D eigenvalue weighted by Crippen LogP contribution is -2.44. The van der Waals surface area contributed by atoms with Gasteiger partial charge in [0.1, 0.15) is 23.5 Å². The smallest absolute Gasteiger partial charge is 0.276 e. The third kappa shape index (κ3) is 4.27. The molecule has 0 aliphatic heterocycles. The average molecular weight is 331 g/mol. The first-order valence-corrected chi connectivity index (χ1v) is 6.67. The van der Waals surface area contributed by atoms with E-state index < -0.39 is 35.6 Å². The molecule has 2 aromatic carbocycles. The van der Waals surface area contributed by atoms with Gasteiger partial charge in [-0.05, 0) is 24.3 Å². The molecule has 122 valence electrons. The molecule has 0 heterocycles. The minimum atomic E-state index is -1.05. The second kappa shape index (κ2) is 7.69. The predicted molar refractivity (Wildman–Crippen MR) is 78.6 cm³/mol. The number of amides is 2. The molecule has 0 saturated heterocycles. The second-order valence-electron chi connectivity index (χ2n) is 4.52. The van der Waals surface area contributed by atoms with Crippen LogP contribution in [0, 0.1) is 23.0 Å². The zero-order chi connectivity index (χ0) is 17.5. The largest absolute Gasteiger partial charge is 0.482 e. The highest BCUT2D eigenvalue weighted by Crippen LogP contribution is 2.16. The third-order valence-electron chi connectivity index (χ3n) is 2.86. The minimum absolute atomic E-state index is 0.214. The Hall–Kier alpha value is -3.47. The molecule has 0 bridgehead atoms. The predicted octanol–water partition coefficient (Wildman–Crippen LogP) is 1.68. The zero-order valence-corrected chi connectivity index (χ0v) is 12.2. The van der Waals surface area contributed by atoms with Gasteiger partial charge in [-0.2, -0.15) is 5.26 Å². The van der Waals surface area contributed by atoms with Crippen molar-refractivity contribution < 1.29 is 23.1 Å². The lowest BCUT2D eigenvalue weighted by atomic mass is 10.2. The lowest BCUT2D eigenvalue weighted by Gasteiger charge is -2.10. The number of ether oxygens (including phenoxy) is 1. The number of nitrogens with zero attached hydrogens (tertiary/aromatic N) is 1. The Bertz CT molecular complexity index is 818. The monoisotopic (exact) mass is 331 g/mol. The summed E-state index contributed by atoms with van der Waals surface area (Å²) >= 11 is 0. The number of rotatable bonds is 4. The number of nitrogens with one attached hydrogen (secondary N) is 2. The fourth-order valence-electron chi connectivity index (χ4n) is 1.73. The Balaban J connectivity index is 1.87. The summed E-state index contributed by atoms with van der Waals surface area (Å²) in [5.74, 6) is -3.33. The van der Waals surface area contributed by atoms with Gasteiger partial charge in [0.15, 0.2) is 6.61 Å². The van der Waals surface area contributed by atoms with Gasteiger partial charge in [0.2, 0.25) is 0 Å². The Labute approximate surface area is 135 Å². The van der Waals surface area contributed by atoms with Crippen molar-refractivity contribution >= 4 is 11.8 Å². The molecule has 0 radical (unpaired) electrons. The average Bonchev–Trinajstić information content (AvgIpc) is 2.58. The zero-order valence-electron chi connectivity index (χ0n) is 12.2. The van der Waals surface area contributed by atoms with Crippen molar-refractivity contribution in [2.45, 2.75) is 0 Å². The van der Waals surface area contributed by atoms with Crippen LogP contribution in [0.2, 0.25) is 0 Å². The van der Waals surface area contributed by atoms with Crippen molar-refractivity contribution in [1.82, 2.24) is 10.9 Å². The summed E-state index contributed by atoms with van der Waals surface area (Å²) in [6.45, 7) is -0.467. The van der Waals surface area contributed by atoms with Gasteiger partial charge in [-0.3, -0.25) is 20.4 Å². The maximum atomic E-state index is 13.4. The molecule has 0 aromatic heterocycles. The van der Waals surface area contributed by atoms with E-state index in [1.54, 1.807) is 12.1 Å². The summed E-state index contributed by atoms with van der Waals surface area (Å²) in [7, 11) is 0. The number of halogens is 2. The van der Waals surface area contributed by atoms with Crippen LogP contribution < -0.4 is 15.6 Å². The molecule has 0 aliphatic rings. The van der Waals surface area contributed by atoms with Crippen LogP contribution in [0.4, 0.5) is 8.78 Å². The molecule has 0 aliphatic carbocycles. The topological polar surface area (TPSA) is 91.2 Å². The summed E-state index contributed by atoms with van der Waals surface area (Å²) in [6.07, 6.45) is 0. The van der Waals surface area contributed by atoms with Crippen LogP contribution in [-0.2, 0) is 4.79 Å². The van der Waals surface area contributed by atoms with E-state index in [-0.39, 0.29) is 11.3 Å². The normalized spacial score (nSPS) is 9.71. The number of hydrogen-bond donors (Lipinski definition) is 2. The first-order valence-electron chi connectivity index (χ1n) is 6.67. The van der Waals surface area contributed by atoms with Gasteiger partial charge >= 0.3 is 0 Å². The van der Waals surface area contributed by atoms with Crippen molar-refractivity contribution in [2.75, 3.05) is 6.61 Å². The van der Waals surface area contributed by atoms with Crippen molar-refractivity contribution in [1.29, 1.82) is 5.26 Å². The van der Waals surface area contributed by atoms with Crippen molar-refractivity contribution in [2.24, 2.45) is 0 Å². The first kappa shape index (κ1) is 16.9. The Morgan fingerprint density at radius 3 is 2.58 bits per heavy atom. The molecule has 0 saturated carbocycles. The van der Waals surface area contributed by atoms with Gasteiger partial charge in [0.05, 0.1) is 11.1 Å². The number of para-hydroxylation sites is 1. The van der Waals surface area contributed by atoms with Crippen molar-refractivity contribution in [3.63, 3.8) is 0 Å². The van der Waals surface area contributed by atoms with Crippen LogP contribution in [0.1, 0.15) is 15.9 Å². The van der Waals surface area contributed by atoms with Gasteiger partial charge in [-0.15, -0.1) is 0 Å². The van der Waals surface area contributed by atoms with E-state index >= 15 is 0 Å². The summed E-state index contributed by atoms with van der Waals surface area (Å²) < 4.78 is 31.3. The Kier molecular flexibility index (Phi) is 5.41. The van der Waals surface area contributed by atoms with E-state index in [2.05, 4.69) is 0 Å². The van der Waals surface area contributed by atoms with Crippen LogP contribution >= 0.6 is 0 Å². The highest BCUT2D eigenvalue weighted by atomic mass is 19.1. The van der Waals surface area contributed by atoms with E-state index in [0.29, 0.717) is 6.07 Å². The SMILES string of the molecule is N#Cc1ccccc1OCC(=O)NNC(=O)c1ccc(F)cc1F. The second-order valence-corrected chi connectivity index (χ2v) is 4.52. The van der Waals surface area contributed by atoms with E-state index in [0.717, 1.165) is 12.1 Å². The quantitative estimate of drug-likeness (QED) is 0.834. The standard InChI is InChI=1S/C16H11F2N3O3/c17-11-5-6-12(13(18)7-11)16(23)21-20-15(22)9-24-14-4-2-1-3-10(14)8-19/h1-7H,9H2,(H,20,22)(H,21,23). The number of benzene rings is 2. The van der Waals surface area contributed by atoms with Crippen LogP contribution in [0.5, 0.6) is 5.75 Å². The van der Waals surface area contributed by atoms with E-state index in [1.807, 2.05) is 16.9 Å². The number of nitriles is 1. The lowest BCUT2D eigenvalue weighted by molar-refractivity contribution is -0.123. The van der Waals surface area contributed by atoms with Gasteiger partial charge < -0.3 is 4.74 Å². The molecule has 0 spiro atoms. The van der Waals surface area contributed by atoms with Gasteiger partial charge in [-0.25, -0.2) is 8.78 Å². The van der Waals surface area contributed by atoms with E-state index in [9.17, 15) is 18.4 Å². The number of carbonyl (C=O) groups is 2. The number of hydrogen-bond acceptors (Lipinski definition) is 4. The summed E-state index contributed by atoms with van der Waals surface area (Å²) in [5.41, 5.74) is 3.83. The molecule has 2 aromatic rings. The van der Waals surface area contributed by atoms with Crippen LogP contribution in [0.15, 0.2) is 42.5 Å². The molecule has 0 fully saturated rings. The van der Waals surface area contributed by atoms with E-state index in [1.165, 1.54) is 12.1 Å². The Morgan fingerprint density at radius 1 is 1.12 bits per heavy atom. The molecule has 24 heavy (non-hydrogen) atoms. The van der Waals surface area contributed by atoms with Crippen molar-refractivity contribution in [3.8, 4) is 11.8 Å². The molecular weight excluding hydrogens is 320 g/mol. The molecule has 0 atom stereocenters. The summed E-state index contributed by atoms with van der Waals surface area (Å²) in [6, 6.07) is 10.6. The first-order chi connectivity index (χ1) is 11.5. The Morgan fingerprint density at radius 2 is 1.88 bits per heavy atom. The van der Waals surface area contributed by atoms with Crippen LogP contribution in [0.25, 0.3) is 0 Å². The molecular formula is C16H11F2N3O3. The summed E-state index contributed by atoms with van der Waals surface area (Å²) in [5, 5.41) is 8.88. The highest BCUT2D eigenvalue weighted by molar-refractivity contribution is 5.95. The van der Waals surface area contributed by atoms with Crippen LogP contribution in [-0.4, -0.2) is 18.4 Å². The fraction of sp³-hybridized carbons (Fsp3) is 0.0625. The molecule has 2 N–H and O–H groups in total. The molecule has 2 rings (SSSR count). The third-order valence-corrected chi connectivity index (χ3v) is 2.86. The van der Waals surface area contributed by atoms with Crippen molar-refractivity contribution in [3.05, 3.63) is 65.2 Å². The molecule has 8 heteroatoms. The van der Waals surface area contributed by atoms with Crippen LogP contribution in [0.3, 0.4) is 0 Å². The van der Waals surface area contributed by atoms with Gasteiger partial charge in [0, 0.05) is 6.07 Å². The maximum Gasteiger partial charge on any atom is 0.276 e. The summed E-state index contributed by atoms with van der Waals surface area (Å²) in [4.78, 5) is 23.3. The van der Waals surface area contributed by atoms with Gasteiger partial charge in [0.25, 0.3) is 11.8 Å². The molecule has 0 unspecified atom stereocenters. The maximum absolute atomic E-state index is 13.4. The minimum Gasteiger partial charge on any atom is -0.482 e. The number of carbonyl (C=O) groups excluding carboxylic acids is 2. The fourth-order valence-corrected chi connectivity index (χ4v) is 1.73.